The number of aliphatic hydroxyl groups excluding tert-OH is 2. The molecule has 5 fully saturated rings. The van der Waals surface area contributed by atoms with Crippen LogP contribution in [-0.4, -0.2) is 71.1 Å². The van der Waals surface area contributed by atoms with E-state index in [1.54, 1.807) is 0 Å². The number of benzene rings is 1. The molecule has 2 N–H and O–H groups in total. The van der Waals surface area contributed by atoms with Crippen LogP contribution in [-0.2, 0) is 11.3 Å². The minimum Gasteiger partial charge on any atom is -0.454 e. The Balaban J connectivity index is 0.914. The third kappa shape index (κ3) is 5.29. The zero-order chi connectivity index (χ0) is 29.9. The molecule has 4 saturated carbocycles. The van der Waals surface area contributed by atoms with Crippen molar-refractivity contribution in [1.29, 1.82) is 0 Å². The normalized spacial score (nSPS) is 41.3. The van der Waals surface area contributed by atoms with Gasteiger partial charge in [0, 0.05) is 39.1 Å². The first-order valence-electron chi connectivity index (χ1n) is 17.4. The Kier molecular flexibility index (Phi) is 7.99. The molecule has 0 bridgehead atoms. The van der Waals surface area contributed by atoms with Crippen LogP contribution in [0.3, 0.4) is 0 Å². The third-order valence-corrected chi connectivity index (χ3v) is 13.8. The summed E-state index contributed by atoms with van der Waals surface area (Å²) in [6, 6.07) is 6.18. The fourth-order valence-corrected chi connectivity index (χ4v) is 11.3. The summed E-state index contributed by atoms with van der Waals surface area (Å²) < 4.78 is 11.0. The second kappa shape index (κ2) is 11.5. The van der Waals surface area contributed by atoms with Crippen molar-refractivity contribution in [1.82, 2.24) is 9.80 Å². The topological polar surface area (TPSA) is 82.5 Å². The molecule has 2 heterocycles. The van der Waals surface area contributed by atoms with Gasteiger partial charge in [-0.05, 0) is 122 Å². The number of fused-ring (bicyclic) bond motifs is 6. The zero-order valence-electron chi connectivity index (χ0n) is 26.7. The maximum absolute atomic E-state index is 13.3. The van der Waals surface area contributed by atoms with E-state index in [0.29, 0.717) is 54.6 Å². The van der Waals surface area contributed by atoms with Crippen LogP contribution in [0.25, 0.3) is 0 Å². The standard InChI is InChI=1S/C36H54N2O5/c1-23(4-9-33(41)38-16-14-37(15-17-38)21-24-5-8-31-32(18-24)43-22-42-31)27-6-7-28-34-29(11-13-36(27,28)3)35(2)12-10-26(39)19-25(35)20-30(34)40/h5,8,18,23,25-30,34,39-40H,4,6-7,9-17,19-22H2,1-3H3/t23-,25+,26-,27-,28+,29+,30+,34+,35+,36-/m1/s1. The fraction of sp³-hybridized carbons (Fsp3) is 0.806. The van der Waals surface area contributed by atoms with Crippen LogP contribution in [0.2, 0.25) is 0 Å². The Morgan fingerprint density at radius 1 is 0.953 bits per heavy atom. The Morgan fingerprint density at radius 3 is 2.51 bits per heavy atom. The number of hydrogen-bond donors (Lipinski definition) is 2. The van der Waals surface area contributed by atoms with Gasteiger partial charge in [-0.3, -0.25) is 9.69 Å². The highest BCUT2D eigenvalue weighted by Gasteiger charge is 2.62. The van der Waals surface area contributed by atoms with Gasteiger partial charge in [-0.2, -0.15) is 0 Å². The van der Waals surface area contributed by atoms with E-state index in [-0.39, 0.29) is 23.0 Å². The van der Waals surface area contributed by atoms with E-state index < -0.39 is 0 Å². The average Bonchev–Trinajstić information content (AvgIpc) is 3.61. The quantitative estimate of drug-likeness (QED) is 0.455. The molecule has 7 heteroatoms. The van der Waals surface area contributed by atoms with Gasteiger partial charge in [-0.15, -0.1) is 0 Å². The molecule has 0 radical (unpaired) electrons. The Labute approximate surface area is 258 Å². The summed E-state index contributed by atoms with van der Waals surface area (Å²) in [5.41, 5.74) is 1.76. The molecule has 0 spiro atoms. The summed E-state index contributed by atoms with van der Waals surface area (Å²) in [7, 11) is 0. The molecule has 43 heavy (non-hydrogen) atoms. The summed E-state index contributed by atoms with van der Waals surface area (Å²) >= 11 is 0. The number of piperazine rings is 1. The lowest BCUT2D eigenvalue weighted by atomic mass is 9.43. The summed E-state index contributed by atoms with van der Waals surface area (Å²) in [6.07, 6.45) is 9.95. The van der Waals surface area contributed by atoms with Gasteiger partial charge in [0.2, 0.25) is 12.7 Å². The molecule has 4 aliphatic carbocycles. The van der Waals surface area contributed by atoms with Crippen LogP contribution >= 0.6 is 0 Å². The summed E-state index contributed by atoms with van der Waals surface area (Å²) in [5.74, 6) is 5.18. The Morgan fingerprint density at radius 2 is 1.70 bits per heavy atom. The van der Waals surface area contributed by atoms with Gasteiger partial charge in [0.15, 0.2) is 11.5 Å². The van der Waals surface area contributed by atoms with E-state index in [9.17, 15) is 15.0 Å². The van der Waals surface area contributed by atoms with E-state index in [1.165, 1.54) is 31.2 Å². The molecule has 1 amide bonds. The van der Waals surface area contributed by atoms with Gasteiger partial charge in [0.25, 0.3) is 0 Å². The molecule has 1 aromatic rings. The lowest BCUT2D eigenvalue weighted by Gasteiger charge is -2.62. The molecule has 238 valence electrons. The second-order valence-electron chi connectivity index (χ2n) is 15.8. The molecule has 2 aliphatic heterocycles. The molecule has 7 rings (SSSR count). The summed E-state index contributed by atoms with van der Waals surface area (Å²) in [6.45, 7) is 12.0. The third-order valence-electron chi connectivity index (χ3n) is 13.8. The minimum absolute atomic E-state index is 0.180. The van der Waals surface area contributed by atoms with E-state index in [4.69, 9.17) is 9.47 Å². The second-order valence-corrected chi connectivity index (χ2v) is 15.8. The van der Waals surface area contributed by atoms with Crippen LogP contribution in [0.15, 0.2) is 18.2 Å². The number of hydrogen-bond acceptors (Lipinski definition) is 6. The number of aliphatic hydroxyl groups is 2. The van der Waals surface area contributed by atoms with Crippen molar-refractivity contribution in [2.24, 2.45) is 46.3 Å². The first kappa shape index (κ1) is 29.9. The number of carbonyl (C=O) groups excluding carboxylic acids is 1. The predicted molar refractivity (Wildman–Crippen MR) is 165 cm³/mol. The summed E-state index contributed by atoms with van der Waals surface area (Å²) in [5, 5.41) is 21.9. The SMILES string of the molecule is C[C@H](CCC(=O)N1CCN(Cc2ccc3c(c2)OCO3)CC1)[C@H]1CC[C@H]2[C@@H]3[C@@H](O)C[C@@H]4C[C@H](O)CC[C@]4(C)[C@H]3CC[C@]12C. The first-order valence-corrected chi connectivity index (χ1v) is 17.4. The number of amides is 1. The molecule has 0 unspecified atom stereocenters. The van der Waals surface area contributed by atoms with Crippen LogP contribution in [0.1, 0.15) is 90.5 Å². The smallest absolute Gasteiger partial charge is 0.231 e. The van der Waals surface area contributed by atoms with Gasteiger partial charge >= 0.3 is 0 Å². The molecular formula is C36H54N2O5. The van der Waals surface area contributed by atoms with Crippen LogP contribution in [0.4, 0.5) is 0 Å². The Hall–Kier alpha value is -1.83. The van der Waals surface area contributed by atoms with Crippen molar-refractivity contribution in [2.75, 3.05) is 33.0 Å². The molecule has 10 atom stereocenters. The number of rotatable bonds is 6. The number of ether oxygens (including phenoxy) is 2. The summed E-state index contributed by atoms with van der Waals surface area (Å²) in [4.78, 5) is 17.8. The van der Waals surface area contributed by atoms with Gasteiger partial charge < -0.3 is 24.6 Å². The van der Waals surface area contributed by atoms with Crippen LogP contribution < -0.4 is 9.47 Å². The van der Waals surface area contributed by atoms with Crippen molar-refractivity contribution < 1.29 is 24.5 Å². The lowest BCUT2D eigenvalue weighted by Crippen LogP contribution is -2.58. The highest BCUT2D eigenvalue weighted by molar-refractivity contribution is 5.76. The van der Waals surface area contributed by atoms with Gasteiger partial charge in [-0.25, -0.2) is 0 Å². The average molecular weight is 595 g/mol. The van der Waals surface area contributed by atoms with E-state index in [1.807, 2.05) is 6.07 Å². The highest BCUT2D eigenvalue weighted by atomic mass is 16.7. The molecular weight excluding hydrogens is 540 g/mol. The molecule has 0 aromatic heterocycles. The van der Waals surface area contributed by atoms with Gasteiger partial charge in [0.1, 0.15) is 0 Å². The van der Waals surface area contributed by atoms with E-state index in [0.717, 1.165) is 76.3 Å². The van der Waals surface area contributed by atoms with Crippen molar-refractivity contribution in [3.05, 3.63) is 23.8 Å². The number of nitrogens with zero attached hydrogens (tertiary/aromatic N) is 2. The molecule has 1 saturated heterocycles. The van der Waals surface area contributed by atoms with Crippen LogP contribution in [0.5, 0.6) is 11.5 Å². The van der Waals surface area contributed by atoms with Crippen molar-refractivity contribution >= 4 is 5.91 Å². The minimum atomic E-state index is -0.225. The maximum atomic E-state index is 13.3. The molecule has 1 aromatic carbocycles. The maximum Gasteiger partial charge on any atom is 0.231 e. The van der Waals surface area contributed by atoms with Gasteiger partial charge in [-0.1, -0.05) is 26.8 Å². The lowest BCUT2D eigenvalue weighted by molar-refractivity contribution is -0.174. The largest absolute Gasteiger partial charge is 0.454 e. The highest BCUT2D eigenvalue weighted by Crippen LogP contribution is 2.68. The van der Waals surface area contributed by atoms with Crippen molar-refractivity contribution in [2.45, 2.75) is 104 Å². The van der Waals surface area contributed by atoms with E-state index >= 15 is 0 Å². The van der Waals surface area contributed by atoms with Crippen LogP contribution in [0, 0.1) is 46.3 Å². The number of carbonyl (C=O) groups is 1. The predicted octanol–water partition coefficient (Wildman–Crippen LogP) is 5.47. The van der Waals surface area contributed by atoms with Crippen molar-refractivity contribution in [3.8, 4) is 11.5 Å². The van der Waals surface area contributed by atoms with Crippen molar-refractivity contribution in [3.63, 3.8) is 0 Å². The molecule has 6 aliphatic rings. The fourth-order valence-electron chi connectivity index (χ4n) is 11.3. The Bertz CT molecular complexity index is 1180. The first-order chi connectivity index (χ1) is 20.7. The van der Waals surface area contributed by atoms with E-state index in [2.05, 4.69) is 42.7 Å². The zero-order valence-corrected chi connectivity index (χ0v) is 26.7. The van der Waals surface area contributed by atoms with Gasteiger partial charge in [0.05, 0.1) is 12.2 Å². The molecule has 7 nitrogen and oxygen atoms in total. The monoisotopic (exact) mass is 594 g/mol.